The predicted octanol–water partition coefficient (Wildman–Crippen LogP) is 9.81. The number of halogens is 6. The van der Waals surface area contributed by atoms with Crippen LogP contribution in [0.1, 0.15) is 87.1 Å². The highest BCUT2D eigenvalue weighted by molar-refractivity contribution is 6.08. The lowest BCUT2D eigenvalue weighted by Crippen LogP contribution is -2.51. The first-order valence-electron chi connectivity index (χ1n) is 25.5. The van der Waals surface area contributed by atoms with Gasteiger partial charge in [0.05, 0.1) is 119 Å². The molecule has 1 aliphatic carbocycles. The Bertz CT molecular complexity index is 3230. The first-order chi connectivity index (χ1) is 37.7. The number of carboxylic acid groups (broad SMARTS) is 1. The van der Waals surface area contributed by atoms with E-state index in [9.17, 15) is 65.9 Å². The number of quaternary nitrogens is 1. The van der Waals surface area contributed by atoms with Gasteiger partial charge in [-0.2, -0.15) is 36.9 Å². The van der Waals surface area contributed by atoms with Crippen molar-refractivity contribution in [1.82, 2.24) is 20.4 Å². The van der Waals surface area contributed by atoms with E-state index in [1.807, 2.05) is 12.1 Å². The van der Waals surface area contributed by atoms with Gasteiger partial charge in [0.15, 0.2) is 0 Å². The van der Waals surface area contributed by atoms with Gasteiger partial charge < -0.3 is 30.0 Å². The van der Waals surface area contributed by atoms with Crippen molar-refractivity contribution in [3.63, 3.8) is 0 Å². The Morgan fingerprint density at radius 3 is 1.43 bits per heavy atom. The molecule has 79 heavy (non-hydrogen) atoms. The third-order valence-electron chi connectivity index (χ3n) is 15.2. The molecule has 404 valence electrons. The molecule has 4 heterocycles. The third kappa shape index (κ3) is 11.0. The molecule has 1 fully saturated rings. The summed E-state index contributed by atoms with van der Waals surface area (Å²) >= 11 is 0. The Hall–Kier alpha value is -8.95. The maximum absolute atomic E-state index is 14.7. The van der Waals surface area contributed by atoms with Gasteiger partial charge in [-0.1, -0.05) is 48.5 Å². The van der Waals surface area contributed by atoms with Gasteiger partial charge in [0.25, 0.3) is 11.8 Å². The zero-order chi connectivity index (χ0) is 56.0. The van der Waals surface area contributed by atoms with Crippen molar-refractivity contribution in [1.29, 1.82) is 10.5 Å². The molecule has 0 aromatic heterocycles. The lowest BCUT2D eigenvalue weighted by atomic mass is 9.94. The highest BCUT2D eigenvalue weighted by Crippen LogP contribution is 2.43. The minimum Gasteiger partial charge on any atom is -0.478 e. The van der Waals surface area contributed by atoms with E-state index in [2.05, 4.69) is 10.6 Å². The first kappa shape index (κ1) is 53.4. The van der Waals surface area contributed by atoms with Gasteiger partial charge >= 0.3 is 30.4 Å². The molecule has 5 aliphatic rings. The summed E-state index contributed by atoms with van der Waals surface area (Å²) < 4.78 is 84.5. The van der Waals surface area contributed by atoms with E-state index in [-0.39, 0.29) is 65.7 Å². The van der Waals surface area contributed by atoms with Gasteiger partial charge in [-0.05, 0) is 96.8 Å². The number of nitrogens with one attached hydrogen (secondary N) is 2. The SMILES string of the molecule is N#Cc1ccc([C@H]2NC(=O)N(c3cccc(C(F)(F)F)c3)C3=C2C(=O)N(CCC[N+](CCCN2CC4=C(C2=O)[C@@H](c2ccc(C#N)cc2)NC(=O)N4c2cccc(C(F)(F)F)c2)(Cc2ccc(C(=O)O)cc2)CC2CC2)C3)cc1. The normalized spacial score (nSPS) is 18.6. The lowest BCUT2D eigenvalue weighted by Gasteiger charge is -2.40. The molecular formula is C58H50F6N9O6+. The van der Waals surface area contributed by atoms with Crippen molar-refractivity contribution in [2.75, 3.05) is 55.6 Å². The van der Waals surface area contributed by atoms with Gasteiger partial charge in [-0.15, -0.1) is 0 Å². The van der Waals surface area contributed by atoms with Crippen LogP contribution < -0.4 is 20.4 Å². The number of rotatable bonds is 17. The number of alkyl halides is 6. The van der Waals surface area contributed by atoms with Gasteiger partial charge in [0.1, 0.15) is 6.54 Å². The predicted molar refractivity (Wildman–Crippen MR) is 274 cm³/mol. The number of amides is 6. The number of carbonyl (C=O) groups excluding carboxylic acids is 4. The van der Waals surface area contributed by atoms with Crippen molar-refractivity contribution < 1.29 is 59.9 Å². The summed E-state index contributed by atoms with van der Waals surface area (Å²) in [7, 11) is 0. The van der Waals surface area contributed by atoms with Crippen LogP contribution in [0.5, 0.6) is 0 Å². The van der Waals surface area contributed by atoms with Gasteiger partial charge in [-0.3, -0.25) is 19.4 Å². The van der Waals surface area contributed by atoms with Crippen LogP contribution in [0.15, 0.2) is 144 Å². The summed E-state index contributed by atoms with van der Waals surface area (Å²) in [6.07, 6.45) is -6.76. The van der Waals surface area contributed by atoms with E-state index in [0.29, 0.717) is 71.7 Å². The Morgan fingerprint density at radius 2 is 1.05 bits per heavy atom. The van der Waals surface area contributed by atoms with Gasteiger partial charge in [0.2, 0.25) is 0 Å². The fraction of sp³-hybridized carbons (Fsp3) is 0.293. The summed E-state index contributed by atoms with van der Waals surface area (Å²) in [6.45, 7) is 2.11. The number of hydrogen-bond donors (Lipinski definition) is 3. The minimum absolute atomic E-state index is 0.0923. The topological polar surface area (TPSA) is 190 Å². The first-order valence-corrected chi connectivity index (χ1v) is 25.5. The summed E-state index contributed by atoms with van der Waals surface area (Å²) in [5.74, 6) is -1.67. The lowest BCUT2D eigenvalue weighted by molar-refractivity contribution is -0.942. The quantitative estimate of drug-likeness (QED) is 0.0606. The van der Waals surface area contributed by atoms with Crippen LogP contribution in [0.3, 0.4) is 0 Å². The Kier molecular flexibility index (Phi) is 14.3. The Morgan fingerprint density at radius 1 is 0.620 bits per heavy atom. The van der Waals surface area contributed by atoms with E-state index < -0.39 is 65.4 Å². The maximum atomic E-state index is 14.7. The molecule has 21 heteroatoms. The molecule has 0 radical (unpaired) electrons. The second-order valence-electron chi connectivity index (χ2n) is 20.5. The smallest absolute Gasteiger partial charge is 0.416 e. The van der Waals surface area contributed by atoms with Crippen molar-refractivity contribution in [2.24, 2.45) is 5.92 Å². The molecular weight excluding hydrogens is 1030 g/mol. The molecule has 5 aromatic rings. The van der Waals surface area contributed by atoms with E-state index in [4.69, 9.17) is 0 Å². The third-order valence-corrected chi connectivity index (χ3v) is 15.2. The van der Waals surface area contributed by atoms with Crippen LogP contribution in [0.25, 0.3) is 0 Å². The number of urea groups is 2. The van der Waals surface area contributed by atoms with Gasteiger partial charge in [0, 0.05) is 37.4 Å². The molecule has 1 saturated carbocycles. The van der Waals surface area contributed by atoms with Crippen LogP contribution >= 0.6 is 0 Å². The molecule has 4 aliphatic heterocycles. The second kappa shape index (κ2) is 21.1. The molecule has 0 saturated heterocycles. The number of nitrogens with zero attached hydrogens (tertiary/aromatic N) is 7. The molecule has 0 unspecified atom stereocenters. The second-order valence-corrected chi connectivity index (χ2v) is 20.5. The number of benzene rings is 5. The van der Waals surface area contributed by atoms with Crippen LogP contribution in [0.2, 0.25) is 0 Å². The zero-order valence-corrected chi connectivity index (χ0v) is 42.2. The van der Waals surface area contributed by atoms with Crippen LogP contribution in [0, 0.1) is 28.6 Å². The standard InChI is InChI=1S/C58H49F6N9O6/c59-57(60,61)42-5-1-7-44(27-42)71-46-31-69(52(74)48(46)50(67-55(71)78)39-17-11-35(29-65)12-18-39)23-3-25-73(33-37-9-10-37,34-38-15-21-41(22-16-38)54(76)77)26-4-24-70-32-47-49(53(70)75)51(40-19-13-36(30-66)14-20-40)68-56(79)72(47)45-8-2-6-43(28-45)58(62,63)64/h1-2,5-8,11-22,27-28,37,50-51H,3-4,9-10,23-26,31-34H2,(H2-,67,68,76,77,78,79)/p+1/t50-,51-/m1/s1. The summed E-state index contributed by atoms with van der Waals surface area (Å²) in [6, 6.07) is 28.3. The highest BCUT2D eigenvalue weighted by Gasteiger charge is 2.48. The van der Waals surface area contributed by atoms with E-state index in [0.717, 1.165) is 52.5 Å². The number of aromatic carboxylic acids is 1. The van der Waals surface area contributed by atoms with E-state index in [1.54, 1.807) is 46.2 Å². The van der Waals surface area contributed by atoms with Crippen LogP contribution in [-0.4, -0.2) is 95.0 Å². The molecule has 15 nitrogen and oxygen atoms in total. The fourth-order valence-corrected chi connectivity index (χ4v) is 11.2. The van der Waals surface area contributed by atoms with Crippen molar-refractivity contribution >= 4 is 41.2 Å². The maximum Gasteiger partial charge on any atom is 0.416 e. The van der Waals surface area contributed by atoms with Crippen molar-refractivity contribution in [2.45, 2.75) is 56.7 Å². The number of carbonyl (C=O) groups is 5. The van der Waals surface area contributed by atoms with Crippen molar-refractivity contribution in [3.05, 3.63) is 188 Å². The van der Waals surface area contributed by atoms with Crippen molar-refractivity contribution in [3.8, 4) is 12.1 Å². The average molecular weight is 1080 g/mol. The van der Waals surface area contributed by atoms with E-state index >= 15 is 0 Å². The van der Waals surface area contributed by atoms with Gasteiger partial charge in [-0.25, -0.2) is 14.4 Å². The molecule has 0 spiro atoms. The molecule has 3 N–H and O–H groups in total. The average Bonchev–Trinajstić information content (AvgIpc) is 4.35. The Balaban J connectivity index is 0.927. The minimum atomic E-state index is -4.73. The number of hydrogen-bond acceptors (Lipinski definition) is 7. The summed E-state index contributed by atoms with van der Waals surface area (Å²) in [4.78, 5) is 74.7. The Labute approximate surface area is 449 Å². The summed E-state index contributed by atoms with van der Waals surface area (Å²) in [5, 5.41) is 34.3. The zero-order valence-electron chi connectivity index (χ0n) is 42.2. The van der Waals surface area contributed by atoms with E-state index in [1.165, 1.54) is 60.7 Å². The van der Waals surface area contributed by atoms with Crippen LogP contribution in [0.4, 0.5) is 47.3 Å². The monoisotopic (exact) mass is 1080 g/mol. The number of carboxylic acids is 1. The highest BCUT2D eigenvalue weighted by atomic mass is 19.4. The number of nitriles is 2. The molecule has 10 rings (SSSR count). The number of anilines is 2. The molecule has 5 aromatic carbocycles. The molecule has 6 amide bonds. The fourth-order valence-electron chi connectivity index (χ4n) is 11.2. The largest absolute Gasteiger partial charge is 0.478 e. The molecule has 2 atom stereocenters. The summed E-state index contributed by atoms with van der Waals surface area (Å²) in [5.41, 5.74) is 1.13. The van der Waals surface area contributed by atoms with Crippen LogP contribution in [-0.2, 0) is 28.5 Å². The molecule has 0 bridgehead atoms.